The first-order valence-electron chi connectivity index (χ1n) is 6.97. The molecule has 2 aromatic rings. The Morgan fingerprint density at radius 1 is 1.10 bits per heavy atom. The van der Waals surface area contributed by atoms with Crippen molar-refractivity contribution >= 4 is 5.69 Å². The van der Waals surface area contributed by atoms with Crippen LogP contribution < -0.4 is 10.1 Å². The van der Waals surface area contributed by atoms with Crippen LogP contribution in [0.25, 0.3) is 0 Å². The maximum absolute atomic E-state index is 5.47. The third kappa shape index (κ3) is 4.65. The van der Waals surface area contributed by atoms with Gasteiger partial charge in [-0.15, -0.1) is 0 Å². The summed E-state index contributed by atoms with van der Waals surface area (Å²) in [4.78, 5) is 0. The Morgan fingerprint density at radius 2 is 1.86 bits per heavy atom. The molecule has 0 amide bonds. The molecule has 0 fully saturated rings. The number of hydrogen-bond donors (Lipinski definition) is 1. The summed E-state index contributed by atoms with van der Waals surface area (Å²) in [7, 11) is 1.71. The van der Waals surface area contributed by atoms with E-state index >= 15 is 0 Å². The number of para-hydroxylation sites is 1. The lowest BCUT2D eigenvalue weighted by Gasteiger charge is -2.12. The summed E-state index contributed by atoms with van der Waals surface area (Å²) in [5.74, 6) is 0.860. The van der Waals surface area contributed by atoms with Crippen molar-refractivity contribution < 1.29 is 9.47 Å². The number of hydrogen-bond acceptors (Lipinski definition) is 3. The Kier molecular flexibility index (Phi) is 5.85. The summed E-state index contributed by atoms with van der Waals surface area (Å²) in [5, 5.41) is 3.44. The second kappa shape index (κ2) is 8.12. The Hall–Kier alpha value is -2.26. The zero-order valence-electron chi connectivity index (χ0n) is 12.3. The fourth-order valence-electron chi connectivity index (χ4n) is 2.03. The molecule has 0 saturated carbocycles. The van der Waals surface area contributed by atoms with Crippen LogP contribution in [-0.4, -0.2) is 13.7 Å². The van der Waals surface area contributed by atoms with Crippen LogP contribution in [-0.2, 0) is 17.9 Å². The Labute approximate surface area is 126 Å². The van der Waals surface area contributed by atoms with E-state index in [1.807, 2.05) is 24.3 Å². The minimum Gasteiger partial charge on any atom is -0.490 e. The number of anilines is 1. The normalized spacial score (nSPS) is 10.1. The lowest BCUT2D eigenvalue weighted by atomic mass is 10.1. The maximum atomic E-state index is 5.47. The molecule has 0 unspecified atom stereocenters. The van der Waals surface area contributed by atoms with Gasteiger partial charge in [-0.05, 0) is 23.8 Å². The van der Waals surface area contributed by atoms with Gasteiger partial charge in [-0.25, -0.2) is 0 Å². The summed E-state index contributed by atoms with van der Waals surface area (Å²) in [6, 6.07) is 16.2. The molecule has 0 aliphatic carbocycles. The number of rotatable bonds is 8. The lowest BCUT2D eigenvalue weighted by Crippen LogP contribution is -2.03. The summed E-state index contributed by atoms with van der Waals surface area (Å²) in [6.07, 6.45) is 1.74. The van der Waals surface area contributed by atoms with E-state index in [-0.39, 0.29) is 0 Å². The van der Waals surface area contributed by atoms with Crippen LogP contribution in [0.4, 0.5) is 5.69 Å². The molecule has 0 spiro atoms. The van der Waals surface area contributed by atoms with Crippen LogP contribution in [0.1, 0.15) is 11.1 Å². The van der Waals surface area contributed by atoms with E-state index in [2.05, 4.69) is 36.2 Å². The van der Waals surface area contributed by atoms with Crippen molar-refractivity contribution in [1.82, 2.24) is 0 Å². The molecule has 3 heteroatoms. The molecule has 21 heavy (non-hydrogen) atoms. The molecule has 2 aromatic carbocycles. The minimum atomic E-state index is 0.530. The highest BCUT2D eigenvalue weighted by Gasteiger charge is 2.01. The second-order valence-electron chi connectivity index (χ2n) is 4.69. The lowest BCUT2D eigenvalue weighted by molar-refractivity contribution is 0.185. The predicted octanol–water partition coefficient (Wildman–Crippen LogP) is 4.01. The molecule has 2 rings (SSSR count). The van der Waals surface area contributed by atoms with Crippen LogP contribution in [0.15, 0.2) is 61.2 Å². The Bertz CT molecular complexity index is 564. The monoisotopic (exact) mass is 283 g/mol. The highest BCUT2D eigenvalue weighted by Crippen LogP contribution is 2.18. The first-order valence-corrected chi connectivity index (χ1v) is 6.97. The first-order chi connectivity index (χ1) is 10.3. The molecular formula is C18H21NO2. The van der Waals surface area contributed by atoms with E-state index in [0.29, 0.717) is 13.2 Å². The van der Waals surface area contributed by atoms with Crippen molar-refractivity contribution in [2.45, 2.75) is 13.2 Å². The van der Waals surface area contributed by atoms with E-state index < -0.39 is 0 Å². The van der Waals surface area contributed by atoms with Crippen molar-refractivity contribution in [1.29, 1.82) is 0 Å². The van der Waals surface area contributed by atoms with Gasteiger partial charge in [0.2, 0.25) is 0 Å². The van der Waals surface area contributed by atoms with Gasteiger partial charge >= 0.3 is 0 Å². The summed E-state index contributed by atoms with van der Waals surface area (Å²) in [5.41, 5.74) is 3.46. The molecule has 0 heterocycles. The molecule has 0 atom stereocenters. The van der Waals surface area contributed by atoms with E-state index in [1.54, 1.807) is 13.2 Å². The Morgan fingerprint density at radius 3 is 2.57 bits per heavy atom. The fourth-order valence-corrected chi connectivity index (χ4v) is 2.03. The second-order valence-corrected chi connectivity index (χ2v) is 4.69. The molecular weight excluding hydrogens is 262 g/mol. The highest BCUT2D eigenvalue weighted by atomic mass is 16.5. The van der Waals surface area contributed by atoms with E-state index in [0.717, 1.165) is 23.5 Å². The third-order valence-electron chi connectivity index (χ3n) is 3.09. The van der Waals surface area contributed by atoms with Gasteiger partial charge < -0.3 is 14.8 Å². The van der Waals surface area contributed by atoms with Gasteiger partial charge in [0.1, 0.15) is 12.4 Å². The van der Waals surface area contributed by atoms with Gasteiger partial charge in [0.25, 0.3) is 0 Å². The molecule has 110 valence electrons. The SMILES string of the molecule is C=CCOc1ccc(CNc2ccccc2COC)cc1. The molecule has 1 N–H and O–H groups in total. The van der Waals surface area contributed by atoms with Gasteiger partial charge in [0.05, 0.1) is 6.61 Å². The largest absolute Gasteiger partial charge is 0.490 e. The van der Waals surface area contributed by atoms with Crippen LogP contribution in [0, 0.1) is 0 Å². The average molecular weight is 283 g/mol. The summed E-state index contributed by atoms with van der Waals surface area (Å²) >= 11 is 0. The molecule has 3 nitrogen and oxygen atoms in total. The van der Waals surface area contributed by atoms with Gasteiger partial charge in [0.15, 0.2) is 0 Å². The third-order valence-corrected chi connectivity index (χ3v) is 3.09. The van der Waals surface area contributed by atoms with E-state index in [1.165, 1.54) is 5.56 Å². The van der Waals surface area contributed by atoms with Crippen molar-refractivity contribution in [3.63, 3.8) is 0 Å². The molecule has 0 aliphatic rings. The predicted molar refractivity (Wildman–Crippen MR) is 86.6 cm³/mol. The number of ether oxygens (including phenoxy) is 2. The van der Waals surface area contributed by atoms with Crippen LogP contribution in [0.2, 0.25) is 0 Å². The van der Waals surface area contributed by atoms with Gasteiger partial charge in [-0.3, -0.25) is 0 Å². The molecule has 0 saturated heterocycles. The fraction of sp³-hybridized carbons (Fsp3) is 0.222. The van der Waals surface area contributed by atoms with Crippen molar-refractivity contribution in [3.8, 4) is 5.75 Å². The van der Waals surface area contributed by atoms with Gasteiger partial charge in [0, 0.05) is 24.9 Å². The standard InChI is InChI=1S/C18H21NO2/c1-3-12-21-17-10-8-15(9-11-17)13-19-18-7-5-4-6-16(18)14-20-2/h3-11,19H,1,12-14H2,2H3. The van der Waals surface area contributed by atoms with Crippen molar-refractivity contribution in [2.75, 3.05) is 19.0 Å². The highest BCUT2D eigenvalue weighted by molar-refractivity contribution is 5.51. The number of methoxy groups -OCH3 is 1. The number of nitrogens with one attached hydrogen (secondary N) is 1. The smallest absolute Gasteiger partial charge is 0.119 e. The van der Waals surface area contributed by atoms with Crippen LogP contribution in [0.3, 0.4) is 0 Å². The molecule has 0 aliphatic heterocycles. The zero-order valence-corrected chi connectivity index (χ0v) is 12.3. The van der Waals surface area contributed by atoms with Gasteiger partial charge in [-0.1, -0.05) is 43.0 Å². The van der Waals surface area contributed by atoms with E-state index in [4.69, 9.17) is 9.47 Å². The maximum Gasteiger partial charge on any atom is 0.119 e. The molecule has 0 bridgehead atoms. The van der Waals surface area contributed by atoms with Crippen molar-refractivity contribution in [3.05, 3.63) is 72.3 Å². The number of benzene rings is 2. The van der Waals surface area contributed by atoms with E-state index in [9.17, 15) is 0 Å². The first kappa shape index (κ1) is 15.1. The molecule has 0 aromatic heterocycles. The summed E-state index contributed by atoms with van der Waals surface area (Å²) < 4.78 is 10.7. The van der Waals surface area contributed by atoms with Crippen LogP contribution in [0.5, 0.6) is 5.75 Å². The topological polar surface area (TPSA) is 30.5 Å². The summed E-state index contributed by atoms with van der Waals surface area (Å²) in [6.45, 7) is 5.54. The van der Waals surface area contributed by atoms with Crippen molar-refractivity contribution in [2.24, 2.45) is 0 Å². The van der Waals surface area contributed by atoms with Crippen LogP contribution >= 0.6 is 0 Å². The molecule has 0 radical (unpaired) electrons. The zero-order chi connectivity index (χ0) is 14.9. The Balaban J connectivity index is 1.95. The average Bonchev–Trinajstić information content (AvgIpc) is 2.53. The van der Waals surface area contributed by atoms with Gasteiger partial charge in [-0.2, -0.15) is 0 Å². The quantitative estimate of drug-likeness (QED) is 0.742. The minimum absolute atomic E-state index is 0.530.